The number of nitrogens with one attached hydrogen (secondary N) is 2. The molecule has 49 heavy (non-hydrogen) atoms. The second-order valence-corrected chi connectivity index (χ2v) is 10.2. The van der Waals surface area contributed by atoms with Crippen molar-refractivity contribution in [2.75, 3.05) is 0 Å². The first kappa shape index (κ1) is 36.0. The molecule has 5 heterocycles. The van der Waals surface area contributed by atoms with Gasteiger partial charge in [0.1, 0.15) is 0 Å². The van der Waals surface area contributed by atoms with E-state index in [1.807, 2.05) is 164 Å². The van der Waals surface area contributed by atoms with Gasteiger partial charge in [-0.3, -0.25) is 0 Å². The van der Waals surface area contributed by atoms with Gasteiger partial charge in [0.2, 0.25) is 0 Å². The van der Waals surface area contributed by atoms with Crippen molar-refractivity contribution >= 4 is 46.4 Å². The Labute approximate surface area is 302 Å². The Hall–Kier alpha value is -5.83. The minimum atomic E-state index is 0. The molecule has 2 aliphatic rings. The first-order valence-electron chi connectivity index (χ1n) is 15.5. The molecule has 2 N–H and O–H groups in total. The first-order chi connectivity index (χ1) is 23.8. The summed E-state index contributed by atoms with van der Waals surface area (Å²) in [4.78, 5) is 16.0. The molecule has 9 rings (SSSR count). The van der Waals surface area contributed by atoms with Crippen LogP contribution in [0.3, 0.4) is 0 Å². The Morgan fingerprint density at radius 3 is 0.837 bits per heavy atom. The number of aromatic nitrogens is 4. The van der Waals surface area contributed by atoms with Crippen LogP contribution in [0.25, 0.3) is 46.4 Å². The molecular weight excluding hydrogens is 780 g/mol. The van der Waals surface area contributed by atoms with E-state index in [0.717, 1.165) is 44.8 Å². The Morgan fingerprint density at radius 1 is 0.327 bits per heavy atom. The molecule has 0 unspecified atom stereocenters. The number of nitrogens with zero attached hydrogens (tertiary/aromatic N) is 2. The molecule has 240 valence electrons. The van der Waals surface area contributed by atoms with Crippen LogP contribution in [0.2, 0.25) is 0 Å². The van der Waals surface area contributed by atoms with E-state index in [4.69, 9.17) is 0 Å². The summed E-state index contributed by atoms with van der Waals surface area (Å²) in [5.41, 5.74) is 7.86. The number of rotatable bonds is 0. The third-order valence-corrected chi connectivity index (χ3v) is 6.47. The normalized spacial score (nSPS) is 10.1. The molecule has 5 heteroatoms. The minimum Gasteiger partial charge on any atom is -0.355 e. The van der Waals surface area contributed by atoms with E-state index in [1.54, 1.807) is 0 Å². The van der Waals surface area contributed by atoms with E-state index in [9.17, 15) is 0 Å². The number of fused-ring (bicyclic) bond motifs is 8. The summed E-state index contributed by atoms with van der Waals surface area (Å²) in [6.07, 6.45) is 8.05. The van der Waals surface area contributed by atoms with Crippen LogP contribution in [0, 0.1) is 24.3 Å². The first-order valence-corrected chi connectivity index (χ1v) is 15.5. The molecule has 0 amide bonds. The van der Waals surface area contributed by atoms with Gasteiger partial charge in [0.05, 0.1) is 22.8 Å². The standard InChI is InChI=1S/C20H14N4.4C6H5.Pt/c1-2-14-10-16-5-6-18(23-16)12-20-8-7-19(24-20)11-17-4-3-15(22-17)9-13(1)21-14;4*1-2-4-6-5-3-1;/h1-12,21-22H;4*1-5H;/q;4*-1;+4. The van der Waals surface area contributed by atoms with Crippen LogP contribution in [-0.4, -0.2) is 19.9 Å². The fourth-order valence-corrected chi connectivity index (χ4v) is 4.31. The van der Waals surface area contributed by atoms with Crippen LogP contribution < -0.4 is 0 Å². The van der Waals surface area contributed by atoms with Crippen LogP contribution in [-0.2, 0) is 21.1 Å². The molecular formula is C44H34N4Pt. The topological polar surface area (TPSA) is 57.4 Å². The van der Waals surface area contributed by atoms with Gasteiger partial charge in [0, 0.05) is 22.1 Å². The summed E-state index contributed by atoms with van der Waals surface area (Å²) in [7, 11) is 0. The van der Waals surface area contributed by atoms with Crippen molar-refractivity contribution in [2.24, 2.45) is 0 Å². The molecule has 4 nitrogen and oxygen atoms in total. The molecule has 0 atom stereocenters. The van der Waals surface area contributed by atoms with Crippen molar-refractivity contribution in [2.45, 2.75) is 0 Å². The molecule has 0 radical (unpaired) electrons. The second-order valence-electron chi connectivity index (χ2n) is 10.2. The zero-order chi connectivity index (χ0) is 32.9. The largest absolute Gasteiger partial charge is 4.00 e. The summed E-state index contributed by atoms with van der Waals surface area (Å²) >= 11 is 0. The van der Waals surface area contributed by atoms with E-state index < -0.39 is 0 Å². The predicted molar refractivity (Wildman–Crippen MR) is 200 cm³/mol. The Kier molecular flexibility index (Phi) is 15.5. The monoisotopic (exact) mass is 813 g/mol. The van der Waals surface area contributed by atoms with Gasteiger partial charge in [-0.2, -0.15) is 146 Å². The van der Waals surface area contributed by atoms with E-state index in [1.165, 1.54) is 0 Å². The smallest absolute Gasteiger partial charge is 0.355 e. The average molecular weight is 814 g/mol. The summed E-state index contributed by atoms with van der Waals surface area (Å²) in [5, 5.41) is 0. The van der Waals surface area contributed by atoms with Gasteiger partial charge in [-0.05, 0) is 72.8 Å². The Balaban J connectivity index is 0.000000175. The number of hydrogen-bond donors (Lipinski definition) is 2. The van der Waals surface area contributed by atoms with Crippen molar-refractivity contribution in [1.29, 1.82) is 0 Å². The third-order valence-electron chi connectivity index (χ3n) is 6.47. The fraction of sp³-hybridized carbons (Fsp3) is 0. The average Bonchev–Trinajstić information content (AvgIpc) is 4.00. The zero-order valence-corrected chi connectivity index (χ0v) is 29.0. The van der Waals surface area contributed by atoms with Crippen molar-refractivity contribution in [3.05, 3.63) is 217 Å². The zero-order valence-electron chi connectivity index (χ0n) is 26.7. The maximum Gasteiger partial charge on any atom is 4.00 e. The molecule has 0 spiro atoms. The quantitative estimate of drug-likeness (QED) is 0.150. The van der Waals surface area contributed by atoms with Crippen LogP contribution in [0.15, 0.2) is 170 Å². The number of H-pyrrole nitrogens is 2. The van der Waals surface area contributed by atoms with Crippen molar-refractivity contribution in [1.82, 2.24) is 19.9 Å². The third kappa shape index (κ3) is 13.8. The van der Waals surface area contributed by atoms with Crippen LogP contribution >= 0.6 is 0 Å². The van der Waals surface area contributed by atoms with Gasteiger partial charge in [0.25, 0.3) is 0 Å². The Morgan fingerprint density at radius 2 is 0.592 bits per heavy atom. The molecule has 8 bridgehead atoms. The predicted octanol–water partition coefficient (Wildman–Crippen LogP) is 10.6. The number of aromatic amines is 2. The molecule has 2 aliphatic heterocycles. The van der Waals surface area contributed by atoms with E-state index in [-0.39, 0.29) is 21.1 Å². The van der Waals surface area contributed by atoms with Gasteiger partial charge >= 0.3 is 21.1 Å². The Bertz CT molecular complexity index is 1800. The molecule has 4 aromatic carbocycles. The van der Waals surface area contributed by atoms with Crippen molar-refractivity contribution < 1.29 is 21.1 Å². The van der Waals surface area contributed by atoms with E-state index in [2.05, 4.69) is 74.5 Å². The molecule has 0 fully saturated rings. The van der Waals surface area contributed by atoms with Gasteiger partial charge < -0.3 is 9.97 Å². The molecule has 3 aromatic heterocycles. The molecule has 0 aliphatic carbocycles. The minimum absolute atomic E-state index is 0. The van der Waals surface area contributed by atoms with Crippen molar-refractivity contribution in [3.63, 3.8) is 0 Å². The van der Waals surface area contributed by atoms with E-state index >= 15 is 0 Å². The summed E-state index contributed by atoms with van der Waals surface area (Å²) < 4.78 is 0. The van der Waals surface area contributed by atoms with Crippen molar-refractivity contribution in [3.8, 4) is 0 Å². The van der Waals surface area contributed by atoms with E-state index in [0.29, 0.717) is 0 Å². The van der Waals surface area contributed by atoms with Gasteiger partial charge in [-0.15, -0.1) is 0 Å². The maximum absolute atomic E-state index is 4.62. The van der Waals surface area contributed by atoms with Gasteiger partial charge in [-0.25, -0.2) is 9.97 Å². The summed E-state index contributed by atoms with van der Waals surface area (Å²) in [6, 6.07) is 66.4. The van der Waals surface area contributed by atoms with Crippen LogP contribution in [0.5, 0.6) is 0 Å². The summed E-state index contributed by atoms with van der Waals surface area (Å²) in [5.74, 6) is 0. The molecule has 7 aromatic rings. The van der Waals surface area contributed by atoms with Gasteiger partial charge in [0.15, 0.2) is 0 Å². The number of hydrogen-bond acceptors (Lipinski definition) is 2. The van der Waals surface area contributed by atoms with Crippen LogP contribution in [0.1, 0.15) is 22.8 Å². The van der Waals surface area contributed by atoms with Crippen LogP contribution in [0.4, 0.5) is 0 Å². The summed E-state index contributed by atoms with van der Waals surface area (Å²) in [6.45, 7) is 0. The molecule has 0 saturated heterocycles. The van der Waals surface area contributed by atoms with Gasteiger partial charge in [-0.1, -0.05) is 0 Å². The molecule has 0 saturated carbocycles. The number of benzene rings is 4. The second kappa shape index (κ2) is 21.1. The SMILES string of the molecule is C1=Cc2cc3ccc(cc4ccc(cc5nc(cc1n2)C=C5)[nH]4)[nH]3.[Pt+4].[c-]1ccccc1.[c-]1ccccc1.[c-]1ccccc1.[c-]1ccccc1. The maximum atomic E-state index is 4.62. The fourth-order valence-electron chi connectivity index (χ4n) is 4.31.